The highest BCUT2D eigenvalue weighted by atomic mass is 16.2. The standard InChI is InChI=1S/C23H34N4O3/c1-17-5-7-18(8-6-17)14-25-11-12-26(15-21(25)29)20(28)13-19-22(30)24-9-10-27(19)16-23(2,3)4/h5-8,19H,9-16H2,1-4H3,(H,24,30). The van der Waals surface area contributed by atoms with Crippen molar-refractivity contribution in [3.05, 3.63) is 35.4 Å². The molecule has 7 heteroatoms. The molecule has 1 unspecified atom stereocenters. The maximum atomic E-state index is 12.9. The number of nitrogens with one attached hydrogen (secondary N) is 1. The summed E-state index contributed by atoms with van der Waals surface area (Å²) in [6.45, 7) is 12.2. The van der Waals surface area contributed by atoms with Crippen molar-refractivity contribution in [1.82, 2.24) is 20.0 Å². The lowest BCUT2D eigenvalue weighted by Crippen LogP contribution is -2.59. The van der Waals surface area contributed by atoms with Crippen LogP contribution in [0, 0.1) is 12.3 Å². The topological polar surface area (TPSA) is 73.0 Å². The molecule has 164 valence electrons. The number of hydrogen-bond acceptors (Lipinski definition) is 4. The Bertz CT molecular complexity index is 785. The Balaban J connectivity index is 1.57. The van der Waals surface area contributed by atoms with Gasteiger partial charge in [0.15, 0.2) is 0 Å². The van der Waals surface area contributed by atoms with Crippen LogP contribution < -0.4 is 5.32 Å². The summed E-state index contributed by atoms with van der Waals surface area (Å²) in [6.07, 6.45) is 0.118. The number of amides is 3. The Labute approximate surface area is 179 Å². The summed E-state index contributed by atoms with van der Waals surface area (Å²) in [4.78, 5) is 43.5. The molecule has 0 spiro atoms. The third kappa shape index (κ3) is 5.81. The highest BCUT2D eigenvalue weighted by Gasteiger charge is 2.36. The molecule has 0 saturated carbocycles. The summed E-state index contributed by atoms with van der Waals surface area (Å²) in [6, 6.07) is 7.68. The molecule has 0 aliphatic carbocycles. The highest BCUT2D eigenvalue weighted by Crippen LogP contribution is 2.21. The number of hydrogen-bond donors (Lipinski definition) is 1. The second kappa shape index (κ2) is 9.16. The van der Waals surface area contributed by atoms with Crippen LogP contribution in [0.1, 0.15) is 38.3 Å². The van der Waals surface area contributed by atoms with Gasteiger partial charge in [0.1, 0.15) is 0 Å². The van der Waals surface area contributed by atoms with Gasteiger partial charge in [-0.05, 0) is 17.9 Å². The SMILES string of the molecule is Cc1ccc(CN2CCN(C(=O)CC3C(=O)NCCN3CC(C)(C)C)CC2=O)cc1. The molecule has 0 radical (unpaired) electrons. The zero-order valence-electron chi connectivity index (χ0n) is 18.6. The van der Waals surface area contributed by atoms with Crippen molar-refractivity contribution in [3.63, 3.8) is 0 Å². The van der Waals surface area contributed by atoms with E-state index in [0.29, 0.717) is 26.2 Å². The Morgan fingerprint density at radius 2 is 1.80 bits per heavy atom. The molecule has 2 saturated heterocycles. The molecule has 0 aromatic heterocycles. The minimum Gasteiger partial charge on any atom is -0.353 e. The van der Waals surface area contributed by atoms with Crippen LogP contribution in [-0.4, -0.2) is 77.7 Å². The Kier molecular flexibility index (Phi) is 6.81. The van der Waals surface area contributed by atoms with Gasteiger partial charge < -0.3 is 15.1 Å². The number of piperazine rings is 2. The van der Waals surface area contributed by atoms with Crippen molar-refractivity contribution in [1.29, 1.82) is 0 Å². The van der Waals surface area contributed by atoms with Gasteiger partial charge in [0.25, 0.3) is 0 Å². The average Bonchev–Trinajstić information content (AvgIpc) is 2.66. The fourth-order valence-corrected chi connectivity index (χ4v) is 4.08. The summed E-state index contributed by atoms with van der Waals surface area (Å²) in [7, 11) is 0. The Morgan fingerprint density at radius 3 is 2.43 bits per heavy atom. The van der Waals surface area contributed by atoms with Crippen LogP contribution >= 0.6 is 0 Å². The van der Waals surface area contributed by atoms with Crippen molar-refractivity contribution in [2.75, 3.05) is 39.3 Å². The normalized spacial score (nSPS) is 21.0. The Morgan fingerprint density at radius 1 is 1.10 bits per heavy atom. The van der Waals surface area contributed by atoms with Gasteiger partial charge >= 0.3 is 0 Å². The average molecular weight is 415 g/mol. The van der Waals surface area contributed by atoms with E-state index in [9.17, 15) is 14.4 Å². The molecule has 0 bridgehead atoms. The lowest BCUT2D eigenvalue weighted by Gasteiger charge is -2.40. The van der Waals surface area contributed by atoms with Crippen molar-refractivity contribution < 1.29 is 14.4 Å². The predicted octanol–water partition coefficient (Wildman–Crippen LogP) is 1.40. The maximum absolute atomic E-state index is 12.9. The van der Waals surface area contributed by atoms with Crippen molar-refractivity contribution >= 4 is 17.7 Å². The van der Waals surface area contributed by atoms with E-state index in [1.54, 1.807) is 9.80 Å². The van der Waals surface area contributed by atoms with E-state index in [0.717, 1.165) is 18.7 Å². The molecule has 7 nitrogen and oxygen atoms in total. The molecule has 1 N–H and O–H groups in total. The first kappa shape index (κ1) is 22.3. The minimum atomic E-state index is -0.467. The van der Waals surface area contributed by atoms with E-state index in [-0.39, 0.29) is 36.1 Å². The molecular weight excluding hydrogens is 380 g/mol. The number of benzene rings is 1. The number of carbonyl (C=O) groups excluding carboxylic acids is 3. The van der Waals surface area contributed by atoms with Crippen LogP contribution in [0.15, 0.2) is 24.3 Å². The third-order valence-electron chi connectivity index (χ3n) is 5.65. The first-order valence-electron chi connectivity index (χ1n) is 10.8. The lowest BCUT2D eigenvalue weighted by molar-refractivity contribution is -0.147. The Hall–Kier alpha value is -2.41. The number of carbonyl (C=O) groups is 3. The largest absolute Gasteiger partial charge is 0.353 e. The van der Waals surface area contributed by atoms with Gasteiger partial charge in [-0.15, -0.1) is 0 Å². The zero-order valence-corrected chi connectivity index (χ0v) is 18.6. The number of nitrogens with zero attached hydrogens (tertiary/aromatic N) is 3. The molecule has 1 aromatic rings. The molecule has 30 heavy (non-hydrogen) atoms. The van der Waals surface area contributed by atoms with Crippen LogP contribution in [0.3, 0.4) is 0 Å². The zero-order chi connectivity index (χ0) is 21.9. The second-order valence-electron chi connectivity index (χ2n) is 9.66. The fourth-order valence-electron chi connectivity index (χ4n) is 4.08. The summed E-state index contributed by atoms with van der Waals surface area (Å²) in [5.74, 6) is -0.266. The van der Waals surface area contributed by atoms with E-state index in [2.05, 4.69) is 31.0 Å². The molecule has 2 heterocycles. The van der Waals surface area contributed by atoms with Crippen LogP contribution in [0.5, 0.6) is 0 Å². The number of aryl methyl sites for hydroxylation is 1. The van der Waals surface area contributed by atoms with E-state index < -0.39 is 6.04 Å². The molecule has 2 aliphatic rings. The van der Waals surface area contributed by atoms with Crippen molar-refractivity contribution in [2.45, 2.75) is 46.7 Å². The first-order valence-corrected chi connectivity index (χ1v) is 10.8. The summed E-state index contributed by atoms with van der Waals surface area (Å²) in [5, 5.41) is 2.88. The van der Waals surface area contributed by atoms with Gasteiger partial charge in [-0.1, -0.05) is 50.6 Å². The van der Waals surface area contributed by atoms with Crippen LogP contribution in [0.4, 0.5) is 0 Å². The van der Waals surface area contributed by atoms with E-state index in [1.165, 1.54) is 5.56 Å². The van der Waals surface area contributed by atoms with Gasteiger partial charge in [0, 0.05) is 39.3 Å². The summed E-state index contributed by atoms with van der Waals surface area (Å²) < 4.78 is 0. The van der Waals surface area contributed by atoms with Crippen molar-refractivity contribution in [2.24, 2.45) is 5.41 Å². The van der Waals surface area contributed by atoms with Crippen molar-refractivity contribution in [3.8, 4) is 0 Å². The molecular formula is C23H34N4O3. The van der Waals surface area contributed by atoms with E-state index >= 15 is 0 Å². The van der Waals surface area contributed by atoms with Gasteiger partial charge in [-0.25, -0.2) is 0 Å². The monoisotopic (exact) mass is 414 g/mol. The lowest BCUT2D eigenvalue weighted by atomic mass is 9.94. The maximum Gasteiger partial charge on any atom is 0.242 e. The van der Waals surface area contributed by atoms with Crippen LogP contribution in [0.25, 0.3) is 0 Å². The van der Waals surface area contributed by atoms with Crippen LogP contribution in [0.2, 0.25) is 0 Å². The quantitative estimate of drug-likeness (QED) is 0.791. The van der Waals surface area contributed by atoms with E-state index in [4.69, 9.17) is 0 Å². The first-order chi connectivity index (χ1) is 14.1. The molecule has 2 fully saturated rings. The molecule has 2 aliphatic heterocycles. The van der Waals surface area contributed by atoms with Gasteiger partial charge in [-0.2, -0.15) is 0 Å². The molecule has 1 aromatic carbocycles. The van der Waals surface area contributed by atoms with Gasteiger partial charge in [-0.3, -0.25) is 19.3 Å². The smallest absolute Gasteiger partial charge is 0.242 e. The minimum absolute atomic E-state index is 0.0382. The second-order valence-corrected chi connectivity index (χ2v) is 9.66. The fraction of sp³-hybridized carbons (Fsp3) is 0.609. The highest BCUT2D eigenvalue weighted by molar-refractivity contribution is 5.91. The molecule has 3 amide bonds. The van der Waals surface area contributed by atoms with Gasteiger partial charge in [0.05, 0.1) is 19.0 Å². The molecule has 1 atom stereocenters. The van der Waals surface area contributed by atoms with Gasteiger partial charge in [0.2, 0.25) is 17.7 Å². The summed E-state index contributed by atoms with van der Waals surface area (Å²) >= 11 is 0. The van der Waals surface area contributed by atoms with E-state index in [1.807, 2.05) is 31.2 Å². The number of rotatable bonds is 5. The van der Waals surface area contributed by atoms with Crippen LogP contribution in [-0.2, 0) is 20.9 Å². The summed E-state index contributed by atoms with van der Waals surface area (Å²) in [5.41, 5.74) is 2.31. The third-order valence-corrected chi connectivity index (χ3v) is 5.65. The molecule has 3 rings (SSSR count). The predicted molar refractivity (Wildman–Crippen MR) is 116 cm³/mol.